The van der Waals surface area contributed by atoms with Gasteiger partial charge in [-0.1, -0.05) is 68.0 Å². The zero-order chi connectivity index (χ0) is 25.3. The van der Waals surface area contributed by atoms with Crippen LogP contribution in [0.1, 0.15) is 87.8 Å². The lowest BCUT2D eigenvalue weighted by molar-refractivity contribution is -0.144. The molecule has 1 aromatic carbocycles. The van der Waals surface area contributed by atoms with Crippen molar-refractivity contribution in [3.05, 3.63) is 59.8 Å². The van der Waals surface area contributed by atoms with E-state index in [2.05, 4.69) is 15.6 Å². The van der Waals surface area contributed by atoms with E-state index in [-0.39, 0.29) is 42.6 Å². The van der Waals surface area contributed by atoms with E-state index >= 15 is 0 Å². The number of carbonyl (C=O) groups is 3. The fraction of sp³-hybridized carbons (Fsp3) is 0.517. The Hall–Kier alpha value is -3.22. The van der Waals surface area contributed by atoms with Crippen molar-refractivity contribution in [2.24, 2.45) is 0 Å². The molecule has 1 aromatic heterocycles. The summed E-state index contributed by atoms with van der Waals surface area (Å²) in [5, 5.41) is 6.02. The van der Waals surface area contributed by atoms with E-state index in [1.807, 2.05) is 31.2 Å². The van der Waals surface area contributed by atoms with E-state index < -0.39 is 6.04 Å². The number of hydrogen-bond donors (Lipinski definition) is 2. The van der Waals surface area contributed by atoms with Crippen LogP contribution in [0.5, 0.6) is 0 Å². The van der Waals surface area contributed by atoms with E-state index in [0.29, 0.717) is 5.82 Å². The fourth-order valence-electron chi connectivity index (χ4n) is 5.45. The van der Waals surface area contributed by atoms with Crippen molar-refractivity contribution in [2.45, 2.75) is 95.7 Å². The van der Waals surface area contributed by atoms with Crippen molar-refractivity contribution >= 4 is 23.5 Å². The lowest BCUT2D eigenvalue weighted by Gasteiger charge is -2.37. The summed E-state index contributed by atoms with van der Waals surface area (Å²) in [4.78, 5) is 45.9. The third kappa shape index (κ3) is 6.93. The van der Waals surface area contributed by atoms with E-state index in [0.717, 1.165) is 62.5 Å². The van der Waals surface area contributed by atoms with Crippen LogP contribution in [0.4, 0.5) is 5.82 Å². The number of nitrogens with one attached hydrogen (secondary N) is 2. The van der Waals surface area contributed by atoms with Gasteiger partial charge in [-0.3, -0.25) is 14.4 Å². The molecule has 0 saturated heterocycles. The normalized spacial score (nSPS) is 17.4. The zero-order valence-corrected chi connectivity index (χ0v) is 21.2. The molecule has 2 aliphatic rings. The maximum Gasteiger partial charge on any atom is 0.247 e. The summed E-state index contributed by atoms with van der Waals surface area (Å²) < 4.78 is 0. The molecule has 0 spiro atoms. The molecular formula is C29H38N4O3. The molecule has 192 valence electrons. The first-order valence-corrected chi connectivity index (χ1v) is 13.4. The summed E-state index contributed by atoms with van der Waals surface area (Å²) in [5.41, 5.74) is 1.93. The molecule has 1 unspecified atom stereocenters. The summed E-state index contributed by atoms with van der Waals surface area (Å²) in [5.74, 6) is -0.0506. The minimum atomic E-state index is -0.693. The van der Waals surface area contributed by atoms with Gasteiger partial charge >= 0.3 is 0 Å². The predicted molar refractivity (Wildman–Crippen MR) is 140 cm³/mol. The highest BCUT2D eigenvalue weighted by Gasteiger charge is 2.38. The second kappa shape index (κ2) is 12.7. The van der Waals surface area contributed by atoms with Crippen molar-refractivity contribution in [1.82, 2.24) is 15.2 Å². The standard InChI is InChI=1S/C29H38N4O3/c1-21-14-16-22(17-15-21)28(29(36)31-23-9-3-2-4-10-23)33(24-11-5-6-12-24)27(35)19-18-26(34)32-25-13-7-8-20-30-25/h7-8,13-17,20,23-24,28H,2-6,9-12,18-19H2,1H3,(H,31,36)(H,30,32,34). The smallest absolute Gasteiger partial charge is 0.247 e. The molecule has 36 heavy (non-hydrogen) atoms. The lowest BCUT2D eigenvalue weighted by atomic mass is 9.94. The minimum absolute atomic E-state index is 0.000222. The Kier molecular flexibility index (Phi) is 9.09. The monoisotopic (exact) mass is 490 g/mol. The molecule has 2 saturated carbocycles. The molecular weight excluding hydrogens is 452 g/mol. The van der Waals surface area contributed by atoms with Gasteiger partial charge < -0.3 is 15.5 Å². The highest BCUT2D eigenvalue weighted by molar-refractivity contribution is 5.94. The number of benzene rings is 1. The average molecular weight is 491 g/mol. The van der Waals surface area contributed by atoms with Crippen molar-refractivity contribution in [2.75, 3.05) is 5.32 Å². The Morgan fingerprint density at radius 2 is 1.61 bits per heavy atom. The summed E-state index contributed by atoms with van der Waals surface area (Å²) in [7, 11) is 0. The Bertz CT molecular complexity index is 1010. The van der Waals surface area contributed by atoms with Gasteiger partial charge in [0.2, 0.25) is 17.7 Å². The molecule has 1 heterocycles. The van der Waals surface area contributed by atoms with Gasteiger partial charge in [0.15, 0.2) is 0 Å². The first kappa shape index (κ1) is 25.9. The van der Waals surface area contributed by atoms with Gasteiger partial charge in [0.25, 0.3) is 0 Å². The Morgan fingerprint density at radius 1 is 0.917 bits per heavy atom. The van der Waals surface area contributed by atoms with Crippen LogP contribution in [0.25, 0.3) is 0 Å². The molecule has 2 fully saturated rings. The third-order valence-electron chi connectivity index (χ3n) is 7.38. The Labute approximate surface area is 214 Å². The molecule has 4 rings (SSSR count). The van der Waals surface area contributed by atoms with Gasteiger partial charge in [-0.15, -0.1) is 0 Å². The minimum Gasteiger partial charge on any atom is -0.351 e. The van der Waals surface area contributed by atoms with Gasteiger partial charge in [0, 0.05) is 31.1 Å². The average Bonchev–Trinajstić information content (AvgIpc) is 3.42. The van der Waals surface area contributed by atoms with Crippen molar-refractivity contribution in [3.63, 3.8) is 0 Å². The SMILES string of the molecule is Cc1ccc(C(C(=O)NC2CCCCC2)N(C(=O)CCC(=O)Nc2ccccn2)C2CCCC2)cc1. The molecule has 2 aliphatic carbocycles. The number of carbonyl (C=O) groups excluding carboxylic acids is 3. The molecule has 1 atom stereocenters. The summed E-state index contributed by atoms with van der Waals surface area (Å²) >= 11 is 0. The molecule has 0 aliphatic heterocycles. The van der Waals surface area contributed by atoms with Gasteiger partial charge in [0.05, 0.1) is 0 Å². The first-order chi connectivity index (χ1) is 17.5. The number of amides is 3. The largest absolute Gasteiger partial charge is 0.351 e. The fourth-order valence-corrected chi connectivity index (χ4v) is 5.45. The molecule has 7 nitrogen and oxygen atoms in total. The second-order valence-corrected chi connectivity index (χ2v) is 10.2. The number of hydrogen-bond acceptors (Lipinski definition) is 4. The summed E-state index contributed by atoms with van der Waals surface area (Å²) in [6, 6.07) is 12.7. The van der Waals surface area contributed by atoms with Crippen molar-refractivity contribution in [1.29, 1.82) is 0 Å². The molecule has 2 aromatic rings. The molecule has 2 N–H and O–H groups in total. The zero-order valence-electron chi connectivity index (χ0n) is 21.2. The van der Waals surface area contributed by atoms with Crippen LogP contribution < -0.4 is 10.6 Å². The van der Waals surface area contributed by atoms with Crippen LogP contribution >= 0.6 is 0 Å². The maximum absolute atomic E-state index is 13.8. The van der Waals surface area contributed by atoms with E-state index in [1.54, 1.807) is 29.3 Å². The molecule has 3 amide bonds. The van der Waals surface area contributed by atoms with Gasteiger partial charge in [-0.25, -0.2) is 4.98 Å². The first-order valence-electron chi connectivity index (χ1n) is 13.4. The highest BCUT2D eigenvalue weighted by Crippen LogP contribution is 2.33. The summed E-state index contributed by atoms with van der Waals surface area (Å²) in [6.07, 6.45) is 11.0. The van der Waals surface area contributed by atoms with Crippen LogP contribution in [-0.4, -0.2) is 39.7 Å². The van der Waals surface area contributed by atoms with Crippen molar-refractivity contribution in [3.8, 4) is 0 Å². The van der Waals surface area contributed by atoms with E-state index in [9.17, 15) is 14.4 Å². The topological polar surface area (TPSA) is 91.4 Å². The van der Waals surface area contributed by atoms with Crippen LogP contribution in [0.2, 0.25) is 0 Å². The number of nitrogens with zero attached hydrogens (tertiary/aromatic N) is 2. The van der Waals surface area contributed by atoms with Crippen LogP contribution in [0.15, 0.2) is 48.7 Å². The van der Waals surface area contributed by atoms with Crippen molar-refractivity contribution < 1.29 is 14.4 Å². The molecule has 7 heteroatoms. The third-order valence-corrected chi connectivity index (χ3v) is 7.38. The predicted octanol–water partition coefficient (Wildman–Crippen LogP) is 5.07. The van der Waals surface area contributed by atoms with Gasteiger partial charge in [0.1, 0.15) is 11.9 Å². The van der Waals surface area contributed by atoms with Crippen LogP contribution in [0.3, 0.4) is 0 Å². The number of anilines is 1. The quantitative estimate of drug-likeness (QED) is 0.513. The van der Waals surface area contributed by atoms with Gasteiger partial charge in [-0.05, 0) is 50.3 Å². The maximum atomic E-state index is 13.8. The summed E-state index contributed by atoms with van der Waals surface area (Å²) in [6.45, 7) is 2.01. The Balaban J connectivity index is 1.53. The number of pyridine rings is 1. The number of aromatic nitrogens is 1. The van der Waals surface area contributed by atoms with E-state index in [4.69, 9.17) is 0 Å². The number of rotatable bonds is 9. The molecule has 0 radical (unpaired) electrons. The lowest BCUT2D eigenvalue weighted by Crippen LogP contribution is -2.50. The van der Waals surface area contributed by atoms with Gasteiger partial charge in [-0.2, -0.15) is 0 Å². The van der Waals surface area contributed by atoms with E-state index in [1.165, 1.54) is 6.42 Å². The Morgan fingerprint density at radius 3 is 2.28 bits per heavy atom. The highest BCUT2D eigenvalue weighted by atomic mass is 16.2. The van der Waals surface area contributed by atoms with Crippen LogP contribution in [0, 0.1) is 6.92 Å². The second-order valence-electron chi connectivity index (χ2n) is 10.2. The van der Waals surface area contributed by atoms with Crippen LogP contribution in [-0.2, 0) is 14.4 Å². The molecule has 0 bridgehead atoms. The number of aryl methyl sites for hydroxylation is 1.